The Kier molecular flexibility index (Phi) is 8.60. The van der Waals surface area contributed by atoms with Gasteiger partial charge in [0.05, 0.1) is 66.9 Å². The second kappa shape index (κ2) is 14.2. The highest BCUT2D eigenvalue weighted by Crippen LogP contribution is 2.51. The van der Waals surface area contributed by atoms with Crippen LogP contribution in [0.25, 0.3) is 93.9 Å². The van der Waals surface area contributed by atoms with E-state index in [1.807, 2.05) is 84.9 Å². The maximum atomic E-state index is 11.2. The van der Waals surface area contributed by atoms with E-state index in [1.54, 1.807) is 0 Å². The van der Waals surface area contributed by atoms with Gasteiger partial charge in [0.15, 0.2) is 5.82 Å². The first kappa shape index (κ1) is 39.3. The number of fused-ring (bicyclic) bond motifs is 12. The van der Waals surface area contributed by atoms with Gasteiger partial charge in [0.2, 0.25) is 0 Å². The SMILES string of the molecule is CC(C)(C)c1nc(-c2ccc(-n3c4ccccc4c4c5c(c6ccccc6n5-c5ccccc5C#N)c5c(c6ccccc6n5-c5ccccc5C#N)c43)c(C#N)c2)nc(C(C)(C)C)n1. The number of nitriles is 3. The molecule has 4 aromatic heterocycles. The Bertz CT molecular complexity index is 3830. The lowest BCUT2D eigenvalue weighted by Gasteiger charge is -2.23. The Labute approximate surface area is 375 Å². The van der Waals surface area contributed by atoms with E-state index in [1.165, 1.54) is 0 Å². The maximum Gasteiger partial charge on any atom is 0.163 e. The third-order valence-corrected chi connectivity index (χ3v) is 12.5. The lowest BCUT2D eigenvalue weighted by atomic mass is 9.93. The van der Waals surface area contributed by atoms with E-state index < -0.39 is 0 Å². The minimum atomic E-state index is -0.335. The Morgan fingerprint density at radius 2 is 0.754 bits per heavy atom. The lowest BCUT2D eigenvalue weighted by molar-refractivity contribution is 0.497. The Morgan fingerprint density at radius 1 is 0.400 bits per heavy atom. The summed E-state index contributed by atoms with van der Waals surface area (Å²) >= 11 is 0. The molecule has 310 valence electrons. The van der Waals surface area contributed by atoms with Crippen LogP contribution >= 0.6 is 0 Å². The topological polar surface area (TPSA) is 125 Å². The summed E-state index contributed by atoms with van der Waals surface area (Å²) < 4.78 is 6.69. The van der Waals surface area contributed by atoms with Gasteiger partial charge in [-0.1, -0.05) is 120 Å². The highest BCUT2D eigenvalue weighted by Gasteiger charge is 2.31. The first-order valence-electron chi connectivity index (χ1n) is 21.6. The fourth-order valence-electron chi connectivity index (χ4n) is 9.56. The van der Waals surface area contributed by atoms with Crippen LogP contribution in [0.2, 0.25) is 0 Å². The molecule has 0 amide bonds. The molecule has 0 aliphatic carbocycles. The molecule has 0 saturated heterocycles. The van der Waals surface area contributed by atoms with Crippen LogP contribution in [0.4, 0.5) is 0 Å². The molecule has 0 aliphatic heterocycles. The molecule has 11 rings (SSSR count). The number of nitrogens with zero attached hydrogens (tertiary/aromatic N) is 9. The number of benzene rings is 7. The molecular formula is C56H41N9. The molecule has 0 unspecified atom stereocenters. The van der Waals surface area contributed by atoms with Gasteiger partial charge in [-0.3, -0.25) is 0 Å². The van der Waals surface area contributed by atoms with Crippen LogP contribution in [0, 0.1) is 34.0 Å². The van der Waals surface area contributed by atoms with Crippen molar-refractivity contribution in [1.29, 1.82) is 15.8 Å². The molecule has 7 aromatic carbocycles. The number of hydrogen-bond donors (Lipinski definition) is 0. The fraction of sp³-hybridized carbons (Fsp3) is 0.143. The second-order valence-corrected chi connectivity index (χ2v) is 18.6. The predicted octanol–water partition coefficient (Wildman–Crippen LogP) is 13.0. The Hall–Kier alpha value is -8.58. The number of rotatable bonds is 4. The summed E-state index contributed by atoms with van der Waals surface area (Å²) in [5, 5.41) is 38.4. The molecule has 65 heavy (non-hydrogen) atoms. The number of aromatic nitrogens is 6. The largest absolute Gasteiger partial charge is 0.307 e. The van der Waals surface area contributed by atoms with E-state index >= 15 is 0 Å². The zero-order valence-corrected chi connectivity index (χ0v) is 36.8. The second-order valence-electron chi connectivity index (χ2n) is 18.6. The van der Waals surface area contributed by atoms with Gasteiger partial charge >= 0.3 is 0 Å². The van der Waals surface area contributed by atoms with E-state index in [0.717, 1.165) is 82.4 Å². The lowest BCUT2D eigenvalue weighted by Crippen LogP contribution is -2.24. The van der Waals surface area contributed by atoms with Gasteiger partial charge in [0.1, 0.15) is 29.9 Å². The zero-order valence-electron chi connectivity index (χ0n) is 36.8. The van der Waals surface area contributed by atoms with E-state index in [-0.39, 0.29) is 10.8 Å². The van der Waals surface area contributed by atoms with Crippen molar-refractivity contribution in [3.63, 3.8) is 0 Å². The first-order valence-corrected chi connectivity index (χ1v) is 21.6. The monoisotopic (exact) mass is 839 g/mol. The van der Waals surface area contributed by atoms with Crippen LogP contribution in [-0.4, -0.2) is 28.7 Å². The summed E-state index contributed by atoms with van der Waals surface area (Å²) in [6.07, 6.45) is 0. The molecule has 0 aliphatic rings. The van der Waals surface area contributed by atoms with Crippen LogP contribution < -0.4 is 0 Å². The minimum Gasteiger partial charge on any atom is -0.307 e. The number of para-hydroxylation sites is 5. The molecule has 9 heteroatoms. The van der Waals surface area contributed by atoms with Crippen molar-refractivity contribution in [1.82, 2.24) is 28.7 Å². The molecular weight excluding hydrogens is 799 g/mol. The average molecular weight is 840 g/mol. The van der Waals surface area contributed by atoms with Gasteiger partial charge in [0, 0.05) is 48.7 Å². The minimum absolute atomic E-state index is 0.335. The van der Waals surface area contributed by atoms with Crippen molar-refractivity contribution in [3.8, 4) is 46.7 Å². The molecule has 0 N–H and O–H groups in total. The van der Waals surface area contributed by atoms with Crippen LogP contribution in [0.15, 0.2) is 140 Å². The molecule has 0 bridgehead atoms. The van der Waals surface area contributed by atoms with Gasteiger partial charge in [-0.2, -0.15) is 15.8 Å². The molecule has 0 atom stereocenters. The normalized spacial score (nSPS) is 12.1. The van der Waals surface area contributed by atoms with Crippen LogP contribution in [0.1, 0.15) is 69.9 Å². The van der Waals surface area contributed by atoms with Crippen molar-refractivity contribution in [2.75, 3.05) is 0 Å². The first-order chi connectivity index (χ1) is 31.4. The molecule has 0 spiro atoms. The predicted molar refractivity (Wildman–Crippen MR) is 260 cm³/mol. The molecule has 0 fully saturated rings. The summed E-state index contributed by atoms with van der Waals surface area (Å²) in [6.45, 7) is 12.6. The summed E-state index contributed by atoms with van der Waals surface area (Å²) in [5.74, 6) is 1.89. The standard InChI is InChI=1S/C56H41N9/c1-55(2,3)53-60-52(61-54(62-53)56(4,5)6)33-27-28-42(36(29-33)32-59)65-45-26-16-11-21-39(45)48-50-46(37-19-9-14-24-43(37)63(50)40-22-12-7-17-34(40)30-57)49-47(51(48)65)38-20-10-15-25-44(38)64(49)41-23-13-8-18-35(41)31-58/h7-29H,1-6H3. The van der Waals surface area contributed by atoms with Gasteiger partial charge in [-0.15, -0.1) is 0 Å². The maximum absolute atomic E-state index is 11.2. The van der Waals surface area contributed by atoms with Crippen LogP contribution in [0.5, 0.6) is 0 Å². The summed E-state index contributed by atoms with van der Waals surface area (Å²) in [6, 6.07) is 54.0. The van der Waals surface area contributed by atoms with Gasteiger partial charge < -0.3 is 13.7 Å². The molecule has 9 nitrogen and oxygen atoms in total. The van der Waals surface area contributed by atoms with Gasteiger partial charge in [0.25, 0.3) is 0 Å². The van der Waals surface area contributed by atoms with E-state index in [2.05, 4.69) is 128 Å². The smallest absolute Gasteiger partial charge is 0.163 e. The average Bonchev–Trinajstić information content (AvgIpc) is 3.96. The van der Waals surface area contributed by atoms with Crippen LogP contribution in [0.3, 0.4) is 0 Å². The Morgan fingerprint density at radius 3 is 1.14 bits per heavy atom. The molecule has 4 heterocycles. The van der Waals surface area contributed by atoms with Crippen molar-refractivity contribution in [2.45, 2.75) is 52.4 Å². The van der Waals surface area contributed by atoms with Crippen molar-refractivity contribution >= 4 is 65.4 Å². The zero-order chi connectivity index (χ0) is 44.9. The Balaban J connectivity index is 1.38. The van der Waals surface area contributed by atoms with Crippen LogP contribution in [-0.2, 0) is 10.8 Å². The van der Waals surface area contributed by atoms with E-state index in [0.29, 0.717) is 39.9 Å². The third-order valence-electron chi connectivity index (χ3n) is 12.5. The summed E-state index contributed by atoms with van der Waals surface area (Å²) in [7, 11) is 0. The van der Waals surface area contributed by atoms with Gasteiger partial charge in [-0.05, 0) is 60.7 Å². The molecule has 0 saturated carbocycles. The molecule has 0 radical (unpaired) electrons. The highest BCUT2D eigenvalue weighted by atomic mass is 15.1. The van der Waals surface area contributed by atoms with Crippen molar-refractivity contribution < 1.29 is 0 Å². The van der Waals surface area contributed by atoms with E-state index in [9.17, 15) is 15.8 Å². The summed E-state index contributed by atoms with van der Waals surface area (Å²) in [5.41, 5.74) is 9.25. The fourth-order valence-corrected chi connectivity index (χ4v) is 9.56. The number of hydrogen-bond acceptors (Lipinski definition) is 6. The van der Waals surface area contributed by atoms with Gasteiger partial charge in [-0.25, -0.2) is 15.0 Å². The van der Waals surface area contributed by atoms with Crippen molar-refractivity contribution in [2.24, 2.45) is 0 Å². The highest BCUT2D eigenvalue weighted by molar-refractivity contribution is 6.40. The summed E-state index contributed by atoms with van der Waals surface area (Å²) in [4.78, 5) is 14.9. The van der Waals surface area contributed by atoms with Crippen molar-refractivity contribution in [3.05, 3.63) is 168 Å². The molecule has 11 aromatic rings. The van der Waals surface area contributed by atoms with E-state index in [4.69, 9.17) is 15.0 Å². The quantitative estimate of drug-likeness (QED) is 0.174. The third kappa shape index (κ3) is 5.78.